The molecule has 62 heavy (non-hydrogen) atoms. The van der Waals surface area contributed by atoms with Crippen molar-refractivity contribution >= 4 is 62.3 Å². The van der Waals surface area contributed by atoms with Crippen LogP contribution < -0.4 is 20.8 Å². The number of anilines is 2. The molecule has 0 unspecified atom stereocenters. The lowest BCUT2D eigenvalue weighted by Gasteiger charge is -2.36. The Labute approximate surface area is 371 Å². The molecule has 0 bridgehead atoms. The van der Waals surface area contributed by atoms with E-state index in [1.165, 1.54) is 30.4 Å². The number of esters is 1. The van der Waals surface area contributed by atoms with Gasteiger partial charge in [-0.15, -0.1) is 11.8 Å². The van der Waals surface area contributed by atoms with Crippen molar-refractivity contribution in [3.63, 3.8) is 0 Å². The average molecular weight is 905 g/mol. The molecule has 1 heterocycles. The minimum absolute atomic E-state index is 0.0819. The van der Waals surface area contributed by atoms with E-state index in [1.54, 1.807) is 48.0 Å². The van der Waals surface area contributed by atoms with Crippen LogP contribution in [-0.2, 0) is 26.1 Å². The maximum atomic E-state index is 13.4. The summed E-state index contributed by atoms with van der Waals surface area (Å²) in [6, 6.07) is 35.8. The number of rotatable bonds is 18. The van der Waals surface area contributed by atoms with Gasteiger partial charge in [0.1, 0.15) is 5.69 Å². The number of amides is 1. The fourth-order valence-electron chi connectivity index (χ4n) is 6.86. The van der Waals surface area contributed by atoms with Gasteiger partial charge in [0, 0.05) is 78.3 Å². The van der Waals surface area contributed by atoms with Gasteiger partial charge in [-0.05, 0) is 90.8 Å². The van der Waals surface area contributed by atoms with E-state index >= 15 is 0 Å². The lowest BCUT2D eigenvalue weighted by atomic mass is 9.99. The molecule has 5 aromatic rings. The van der Waals surface area contributed by atoms with Gasteiger partial charge < -0.3 is 20.2 Å². The number of nitrogens with two attached hydrogens (primary N) is 1. The molecule has 0 radical (unpaired) electrons. The van der Waals surface area contributed by atoms with Gasteiger partial charge in [0.05, 0.1) is 23.5 Å². The molecule has 5 N–H and O–H groups in total. The van der Waals surface area contributed by atoms with Crippen LogP contribution in [0.15, 0.2) is 131 Å². The van der Waals surface area contributed by atoms with Crippen molar-refractivity contribution in [3.05, 3.63) is 148 Å². The van der Waals surface area contributed by atoms with Crippen LogP contribution >= 0.6 is 23.4 Å². The molecule has 328 valence electrons. The van der Waals surface area contributed by atoms with Crippen LogP contribution in [0.1, 0.15) is 22.3 Å². The minimum Gasteiger partial charge on any atom is -0.468 e. The number of benzene rings is 5. The number of halogens is 1. The van der Waals surface area contributed by atoms with Crippen molar-refractivity contribution in [3.8, 4) is 11.1 Å². The van der Waals surface area contributed by atoms with E-state index in [1.807, 2.05) is 60.7 Å². The smallest absolute Gasteiger partial charge is 0.319 e. The van der Waals surface area contributed by atoms with Crippen molar-refractivity contribution in [1.82, 2.24) is 14.5 Å². The molecule has 6 rings (SSSR count). The first-order valence-corrected chi connectivity index (χ1v) is 22.5. The highest BCUT2D eigenvalue weighted by Gasteiger charge is 2.26. The molecule has 0 spiro atoms. The van der Waals surface area contributed by atoms with Gasteiger partial charge >= 0.3 is 5.97 Å². The van der Waals surface area contributed by atoms with E-state index in [0.717, 1.165) is 54.9 Å². The van der Waals surface area contributed by atoms with Gasteiger partial charge in [-0.2, -0.15) is 0 Å². The van der Waals surface area contributed by atoms with E-state index in [-0.39, 0.29) is 29.8 Å². The van der Waals surface area contributed by atoms with Gasteiger partial charge in [-0.25, -0.2) is 19.0 Å². The minimum atomic E-state index is -4.48. The van der Waals surface area contributed by atoms with Crippen molar-refractivity contribution in [2.75, 3.05) is 69.4 Å². The zero-order valence-electron chi connectivity index (χ0n) is 34.4. The van der Waals surface area contributed by atoms with Crippen LogP contribution in [0.5, 0.6) is 0 Å². The Morgan fingerprint density at radius 3 is 2.26 bits per heavy atom. The van der Waals surface area contributed by atoms with E-state index in [2.05, 4.69) is 43.9 Å². The summed E-state index contributed by atoms with van der Waals surface area (Å²) in [4.78, 5) is 43.6. The number of carbonyl (C=O) groups excluding carboxylic acids is 2. The number of ether oxygens (including phenoxy) is 1. The van der Waals surface area contributed by atoms with E-state index < -0.39 is 31.4 Å². The van der Waals surface area contributed by atoms with Crippen LogP contribution in [0, 0.1) is 10.1 Å². The summed E-state index contributed by atoms with van der Waals surface area (Å²) in [5, 5.41) is 22.7. The molecule has 5 aromatic carbocycles. The van der Waals surface area contributed by atoms with Crippen LogP contribution in [-0.4, -0.2) is 105 Å². The van der Waals surface area contributed by atoms with Gasteiger partial charge in [0.2, 0.25) is 0 Å². The molecule has 15 nitrogen and oxygen atoms in total. The SMILES string of the molecule is COC(=O)CN(C)CC[C@H](CSc1ccccc1)Nc1ccc(S(=O)(=O)NC(=O)c2ccc(N3CCN(Cc4ccccc4-c4ccc(Cl)cc4)CC3)cc2)cc1[N+](=O)[O-].NO. The highest BCUT2D eigenvalue weighted by molar-refractivity contribution is 7.99. The number of sulfonamides is 1. The zero-order valence-corrected chi connectivity index (χ0v) is 36.7. The Hall–Kier alpha value is -5.53. The number of carbonyl (C=O) groups is 2. The lowest BCUT2D eigenvalue weighted by molar-refractivity contribution is -0.384. The first-order chi connectivity index (χ1) is 29.9. The Kier molecular flexibility index (Phi) is 17.7. The third kappa shape index (κ3) is 13.5. The molecule has 0 saturated carbocycles. The number of nitrogens with one attached hydrogen (secondary N) is 2. The number of nitrogens with zero attached hydrogens (tertiary/aromatic N) is 4. The van der Waals surface area contributed by atoms with Gasteiger partial charge in [0.15, 0.2) is 0 Å². The monoisotopic (exact) mass is 903 g/mol. The average Bonchev–Trinajstić information content (AvgIpc) is 3.29. The quantitative estimate of drug-likeness (QED) is 0.0311. The van der Waals surface area contributed by atoms with Gasteiger partial charge in [0.25, 0.3) is 21.6 Å². The predicted octanol–water partition coefficient (Wildman–Crippen LogP) is 6.76. The Balaban J connectivity index is 0.00000358. The highest BCUT2D eigenvalue weighted by Crippen LogP contribution is 2.31. The Bertz CT molecular complexity index is 2370. The number of thioether (sulfide) groups is 1. The van der Waals surface area contributed by atoms with Crippen molar-refractivity contribution < 1.29 is 32.9 Å². The Morgan fingerprint density at radius 1 is 0.935 bits per heavy atom. The second-order valence-corrected chi connectivity index (χ2v) is 17.6. The van der Waals surface area contributed by atoms with Crippen molar-refractivity contribution in [1.29, 1.82) is 0 Å². The first kappa shape index (κ1) is 47.5. The van der Waals surface area contributed by atoms with Gasteiger partial charge in [-0.3, -0.25) is 29.5 Å². The largest absolute Gasteiger partial charge is 0.468 e. The van der Waals surface area contributed by atoms with E-state index in [9.17, 15) is 28.1 Å². The standard InChI is InChI=1S/C44H47ClN6O7S2.H3NO/c1-48(30-43(52)58-2)23-22-36(31-59-38-9-4-3-5-10-38)46-41-21-20-39(28-42(41)51(54)55)60(56,57)47-44(53)33-14-18-37(19-15-33)50-26-24-49(25-27-50)29-34-8-6-7-11-40(34)32-12-16-35(45)17-13-32;1-2/h3-21,28,36,46H,22-27,29-31H2,1-2H3,(H,47,53);2H,1H2/t36-;/m1./s1. The molecule has 1 amide bonds. The summed E-state index contributed by atoms with van der Waals surface area (Å²) in [5.74, 6) is 2.79. The summed E-state index contributed by atoms with van der Waals surface area (Å²) in [7, 11) is -1.39. The number of methoxy groups -OCH3 is 1. The summed E-state index contributed by atoms with van der Waals surface area (Å²) < 4.78 is 33.7. The maximum absolute atomic E-state index is 13.4. The second kappa shape index (κ2) is 23.1. The number of nitro groups is 1. The molecule has 0 aromatic heterocycles. The summed E-state index contributed by atoms with van der Waals surface area (Å²) in [6.45, 7) is 4.56. The van der Waals surface area contributed by atoms with Crippen LogP contribution in [0.3, 0.4) is 0 Å². The zero-order chi connectivity index (χ0) is 44.6. The normalized spacial score (nSPS) is 13.4. The molecule has 1 aliphatic rings. The number of likely N-dealkylation sites (N-methyl/N-ethyl adjacent to an activating group) is 1. The van der Waals surface area contributed by atoms with E-state index in [0.29, 0.717) is 23.7 Å². The fraction of sp³-hybridized carbons (Fsp3) is 0.273. The number of nitro benzene ring substituents is 1. The summed E-state index contributed by atoms with van der Waals surface area (Å²) in [5.41, 5.74) is 4.22. The fourth-order valence-corrected chi connectivity index (χ4v) is 8.97. The highest BCUT2D eigenvalue weighted by atomic mass is 35.5. The molecule has 0 aliphatic carbocycles. The molecular weight excluding hydrogens is 854 g/mol. The number of hydrogen-bond donors (Lipinski definition) is 4. The van der Waals surface area contributed by atoms with Crippen molar-refractivity contribution in [2.24, 2.45) is 5.90 Å². The van der Waals surface area contributed by atoms with Crippen molar-refractivity contribution in [2.45, 2.75) is 28.8 Å². The third-order valence-electron chi connectivity index (χ3n) is 10.2. The summed E-state index contributed by atoms with van der Waals surface area (Å²) in [6.07, 6.45) is 0.510. The van der Waals surface area contributed by atoms with E-state index in [4.69, 9.17) is 21.5 Å². The molecule has 18 heteroatoms. The van der Waals surface area contributed by atoms with Crippen LogP contribution in [0.2, 0.25) is 5.02 Å². The predicted molar refractivity (Wildman–Crippen MR) is 243 cm³/mol. The third-order valence-corrected chi connectivity index (χ3v) is 12.9. The number of hydrogen-bond acceptors (Lipinski definition) is 14. The number of piperazine rings is 1. The topological polar surface area (TPSA) is 201 Å². The van der Waals surface area contributed by atoms with Gasteiger partial charge in [-0.1, -0.05) is 66.2 Å². The Morgan fingerprint density at radius 2 is 1.60 bits per heavy atom. The first-order valence-electron chi connectivity index (χ1n) is 19.6. The van der Waals surface area contributed by atoms with Crippen LogP contribution in [0.4, 0.5) is 17.1 Å². The summed E-state index contributed by atoms with van der Waals surface area (Å²) >= 11 is 7.68. The molecule has 1 aliphatic heterocycles. The van der Waals surface area contributed by atoms with Crippen LogP contribution in [0.25, 0.3) is 11.1 Å². The molecule has 1 fully saturated rings. The maximum Gasteiger partial charge on any atom is 0.319 e. The molecule has 1 saturated heterocycles. The lowest BCUT2D eigenvalue weighted by Crippen LogP contribution is -2.46. The molecular formula is C44H50ClN7O8S2. The molecule has 1 atom stereocenters. The second-order valence-electron chi connectivity index (χ2n) is 14.4.